The van der Waals surface area contributed by atoms with Crippen molar-refractivity contribution in [1.29, 1.82) is 0 Å². The van der Waals surface area contributed by atoms with E-state index in [-0.39, 0.29) is 16.8 Å². The van der Waals surface area contributed by atoms with Gasteiger partial charge in [-0.1, -0.05) is 6.07 Å². The standard InChI is InChI=1S/C23H25FN4O4/c24-16-12-14-19-21(18(16)27-10-9-26-17-4-1-2-8-25-17)32-11-7-23(5-3-6-23)28(19)13-15(20(14)29)22(30)31/h1-2,4,8,12-14,19,27H,3,5-7,9-11H2,(H,25,26)(H,30,31). The Morgan fingerprint density at radius 1 is 1.28 bits per heavy atom. The van der Waals surface area contributed by atoms with E-state index in [1.807, 2.05) is 23.1 Å². The first-order chi connectivity index (χ1) is 15.5. The van der Waals surface area contributed by atoms with Gasteiger partial charge in [-0.3, -0.25) is 4.79 Å². The van der Waals surface area contributed by atoms with Gasteiger partial charge < -0.3 is 25.4 Å². The number of halogens is 1. The molecule has 4 aliphatic rings. The van der Waals surface area contributed by atoms with Crippen LogP contribution < -0.4 is 10.6 Å². The molecule has 0 radical (unpaired) electrons. The molecule has 1 saturated heterocycles. The summed E-state index contributed by atoms with van der Waals surface area (Å²) in [5.41, 5.74) is -0.312. The highest BCUT2D eigenvalue weighted by Crippen LogP contribution is 2.50. The van der Waals surface area contributed by atoms with E-state index in [1.165, 1.54) is 12.3 Å². The second-order valence-electron chi connectivity index (χ2n) is 8.59. The molecule has 32 heavy (non-hydrogen) atoms. The van der Waals surface area contributed by atoms with Crippen LogP contribution in [0.2, 0.25) is 0 Å². The number of aromatic nitrogens is 1. The fourth-order valence-electron chi connectivity index (χ4n) is 5.08. The predicted molar refractivity (Wildman–Crippen MR) is 114 cm³/mol. The van der Waals surface area contributed by atoms with Crippen molar-refractivity contribution in [2.45, 2.75) is 37.3 Å². The summed E-state index contributed by atoms with van der Waals surface area (Å²) in [7, 11) is 0. The molecule has 168 valence electrons. The molecule has 2 aliphatic heterocycles. The van der Waals surface area contributed by atoms with E-state index in [0.29, 0.717) is 31.9 Å². The van der Waals surface area contributed by atoms with Gasteiger partial charge in [-0.05, 0) is 37.5 Å². The summed E-state index contributed by atoms with van der Waals surface area (Å²) in [5, 5.41) is 15.9. The number of Topliss-reactive ketones (excluding diaryl/α,β-unsaturated/α-hetero) is 1. The van der Waals surface area contributed by atoms with Gasteiger partial charge in [0.2, 0.25) is 0 Å². The van der Waals surface area contributed by atoms with Gasteiger partial charge in [0, 0.05) is 37.4 Å². The van der Waals surface area contributed by atoms with Crippen molar-refractivity contribution in [3.8, 4) is 0 Å². The summed E-state index contributed by atoms with van der Waals surface area (Å²) in [4.78, 5) is 30.8. The van der Waals surface area contributed by atoms with Crippen molar-refractivity contribution in [3.05, 3.63) is 59.5 Å². The molecule has 1 aromatic rings. The first-order valence-corrected chi connectivity index (χ1v) is 10.9. The maximum absolute atomic E-state index is 15.2. The number of carbonyl (C=O) groups excluding carboxylic acids is 1. The number of nitrogens with one attached hydrogen (secondary N) is 2. The van der Waals surface area contributed by atoms with Gasteiger partial charge in [0.15, 0.2) is 5.78 Å². The number of ketones is 1. The molecule has 1 aromatic heterocycles. The molecule has 2 unspecified atom stereocenters. The number of carboxylic acid groups (broad SMARTS) is 1. The highest BCUT2D eigenvalue weighted by Gasteiger charge is 2.55. The molecule has 2 atom stereocenters. The average molecular weight is 440 g/mol. The normalized spacial score (nSPS) is 25.7. The summed E-state index contributed by atoms with van der Waals surface area (Å²) >= 11 is 0. The maximum atomic E-state index is 15.2. The van der Waals surface area contributed by atoms with Crippen molar-refractivity contribution in [2.75, 3.05) is 25.0 Å². The van der Waals surface area contributed by atoms with Crippen LogP contribution in [0.1, 0.15) is 25.7 Å². The van der Waals surface area contributed by atoms with E-state index in [9.17, 15) is 14.7 Å². The number of carbonyl (C=O) groups is 2. The molecule has 0 bridgehead atoms. The molecule has 0 amide bonds. The second kappa shape index (κ2) is 7.96. The molecule has 0 aromatic carbocycles. The number of carboxylic acids is 1. The number of fused-ring (bicyclic) bond motifs is 1. The number of allylic oxidation sites excluding steroid dienone is 1. The lowest BCUT2D eigenvalue weighted by atomic mass is 9.70. The van der Waals surface area contributed by atoms with Gasteiger partial charge in [0.1, 0.15) is 34.7 Å². The van der Waals surface area contributed by atoms with Crippen molar-refractivity contribution in [3.63, 3.8) is 0 Å². The molecule has 1 spiro atoms. The third-order valence-corrected chi connectivity index (χ3v) is 6.84. The molecule has 2 aliphatic carbocycles. The molecule has 3 N–H and O–H groups in total. The Hall–Kier alpha value is -3.36. The van der Waals surface area contributed by atoms with Gasteiger partial charge in [0.05, 0.1) is 12.5 Å². The smallest absolute Gasteiger partial charge is 0.340 e. The molecule has 5 rings (SSSR count). The number of hydrogen-bond donors (Lipinski definition) is 3. The highest BCUT2D eigenvalue weighted by molar-refractivity contribution is 6.18. The van der Waals surface area contributed by atoms with Gasteiger partial charge in [-0.2, -0.15) is 0 Å². The lowest BCUT2D eigenvalue weighted by molar-refractivity contribution is -0.136. The fourth-order valence-corrected chi connectivity index (χ4v) is 5.08. The SMILES string of the molecule is O=C(O)C1=CN2C3C(=C(NCCNc4ccccn4)C(F)=CC3C1=O)OCCC21CCC1. The maximum Gasteiger partial charge on any atom is 0.340 e. The van der Waals surface area contributed by atoms with Crippen LogP contribution in [0.5, 0.6) is 0 Å². The number of anilines is 1. The van der Waals surface area contributed by atoms with E-state index in [2.05, 4.69) is 15.6 Å². The van der Waals surface area contributed by atoms with Gasteiger partial charge in [-0.25, -0.2) is 14.2 Å². The summed E-state index contributed by atoms with van der Waals surface area (Å²) in [6, 6.07) is 5.01. The van der Waals surface area contributed by atoms with E-state index >= 15 is 4.39 Å². The topological polar surface area (TPSA) is 104 Å². The third-order valence-electron chi connectivity index (χ3n) is 6.84. The Kier molecular flexibility index (Phi) is 5.11. The minimum Gasteiger partial charge on any atom is -0.493 e. The Bertz CT molecular complexity index is 1030. The molecule has 1 saturated carbocycles. The highest BCUT2D eigenvalue weighted by atomic mass is 19.1. The largest absolute Gasteiger partial charge is 0.493 e. The quantitative estimate of drug-likeness (QED) is 0.458. The Morgan fingerprint density at radius 2 is 2.09 bits per heavy atom. The van der Waals surface area contributed by atoms with Gasteiger partial charge in [0.25, 0.3) is 0 Å². The van der Waals surface area contributed by atoms with Crippen LogP contribution in [0.3, 0.4) is 0 Å². The summed E-state index contributed by atoms with van der Waals surface area (Å²) < 4.78 is 21.2. The van der Waals surface area contributed by atoms with Gasteiger partial charge in [-0.15, -0.1) is 0 Å². The third kappa shape index (κ3) is 3.32. The van der Waals surface area contributed by atoms with Crippen molar-refractivity contribution in [1.82, 2.24) is 15.2 Å². The summed E-state index contributed by atoms with van der Waals surface area (Å²) in [5.74, 6) is -2.28. The number of nitrogens with zero attached hydrogens (tertiary/aromatic N) is 2. The van der Waals surface area contributed by atoms with Crippen LogP contribution in [0, 0.1) is 5.92 Å². The molecule has 8 nitrogen and oxygen atoms in total. The first-order valence-electron chi connectivity index (χ1n) is 10.9. The Labute approximate surface area is 184 Å². The monoisotopic (exact) mass is 440 g/mol. The van der Waals surface area contributed by atoms with Crippen LogP contribution in [0.25, 0.3) is 0 Å². The van der Waals surface area contributed by atoms with E-state index in [4.69, 9.17) is 4.74 Å². The Balaban J connectivity index is 1.44. The fraction of sp³-hybridized carbons (Fsp3) is 0.435. The zero-order valence-electron chi connectivity index (χ0n) is 17.5. The lowest BCUT2D eigenvalue weighted by Gasteiger charge is -2.54. The minimum absolute atomic E-state index is 0.232. The zero-order chi connectivity index (χ0) is 22.3. The Morgan fingerprint density at radius 3 is 2.78 bits per heavy atom. The number of pyridine rings is 1. The van der Waals surface area contributed by atoms with Gasteiger partial charge >= 0.3 is 5.97 Å². The zero-order valence-corrected chi connectivity index (χ0v) is 17.5. The van der Waals surface area contributed by atoms with Crippen LogP contribution >= 0.6 is 0 Å². The van der Waals surface area contributed by atoms with Crippen LogP contribution in [-0.2, 0) is 14.3 Å². The molecule has 2 fully saturated rings. The first kappa shape index (κ1) is 20.5. The number of aliphatic carboxylic acids is 1. The van der Waals surface area contributed by atoms with E-state index in [0.717, 1.165) is 25.1 Å². The second-order valence-corrected chi connectivity index (χ2v) is 8.59. The summed E-state index contributed by atoms with van der Waals surface area (Å²) in [6.07, 6.45) is 7.93. The average Bonchev–Trinajstić information content (AvgIpc) is 2.93. The van der Waals surface area contributed by atoms with Crippen molar-refractivity contribution in [2.24, 2.45) is 5.92 Å². The van der Waals surface area contributed by atoms with Crippen LogP contribution in [0.15, 0.2) is 59.5 Å². The molecular formula is C23H25FN4O4. The van der Waals surface area contributed by atoms with Crippen molar-refractivity contribution >= 4 is 17.6 Å². The molecule has 9 heteroatoms. The lowest BCUT2D eigenvalue weighted by Crippen LogP contribution is -2.60. The number of ether oxygens (including phenoxy) is 1. The van der Waals surface area contributed by atoms with E-state index in [1.54, 1.807) is 6.20 Å². The molecule has 3 heterocycles. The van der Waals surface area contributed by atoms with E-state index < -0.39 is 29.5 Å². The van der Waals surface area contributed by atoms with Crippen molar-refractivity contribution < 1.29 is 23.8 Å². The predicted octanol–water partition coefficient (Wildman–Crippen LogP) is 2.34. The number of hydrogen-bond acceptors (Lipinski definition) is 7. The van der Waals surface area contributed by atoms with Crippen LogP contribution in [-0.4, -0.2) is 58.0 Å². The number of rotatable bonds is 6. The van der Waals surface area contributed by atoms with Crippen LogP contribution in [0.4, 0.5) is 10.2 Å². The summed E-state index contributed by atoms with van der Waals surface area (Å²) in [6.45, 7) is 1.31. The molecular weight excluding hydrogens is 415 g/mol. The minimum atomic E-state index is -1.28.